The molecule has 0 saturated carbocycles. The normalized spacial score (nSPS) is 12.1. The predicted molar refractivity (Wildman–Crippen MR) is 75.0 cm³/mol. The zero-order valence-electron chi connectivity index (χ0n) is 11.1. The zero-order chi connectivity index (χ0) is 14.7. The first-order valence-corrected chi connectivity index (χ1v) is 6.29. The van der Waals surface area contributed by atoms with Crippen LogP contribution in [-0.4, -0.2) is 19.3 Å². The number of benzene rings is 2. The third kappa shape index (κ3) is 3.03. The van der Waals surface area contributed by atoms with E-state index >= 15 is 0 Å². The van der Waals surface area contributed by atoms with E-state index in [1.807, 2.05) is 0 Å². The highest BCUT2D eigenvalue weighted by molar-refractivity contribution is 6.30. The number of hydrogen-bond donors (Lipinski definition) is 1. The Hall–Kier alpha value is -1.78. The van der Waals surface area contributed by atoms with Crippen LogP contribution in [0.15, 0.2) is 36.4 Å². The molecule has 0 aliphatic rings. The largest absolute Gasteiger partial charge is 0.493 e. The van der Waals surface area contributed by atoms with Gasteiger partial charge in [-0.15, -0.1) is 0 Å². The quantitative estimate of drug-likeness (QED) is 0.937. The first-order valence-electron chi connectivity index (χ1n) is 5.91. The van der Waals surface area contributed by atoms with E-state index in [4.69, 9.17) is 21.1 Å². The highest BCUT2D eigenvalue weighted by atomic mass is 35.5. The minimum absolute atomic E-state index is 0.236. The van der Waals surface area contributed by atoms with Gasteiger partial charge in [0.15, 0.2) is 11.5 Å². The Balaban J connectivity index is 2.39. The molecule has 1 unspecified atom stereocenters. The van der Waals surface area contributed by atoms with Crippen LogP contribution < -0.4 is 9.47 Å². The summed E-state index contributed by atoms with van der Waals surface area (Å²) < 4.78 is 23.6. The number of halogens is 2. The predicted octanol–water partition coefficient (Wildman–Crippen LogP) is 3.58. The van der Waals surface area contributed by atoms with Crippen LogP contribution in [0.2, 0.25) is 5.02 Å². The Morgan fingerprint density at radius 3 is 2.30 bits per heavy atom. The topological polar surface area (TPSA) is 38.7 Å². The third-order valence-corrected chi connectivity index (χ3v) is 3.14. The smallest absolute Gasteiger partial charge is 0.161 e. The van der Waals surface area contributed by atoms with Gasteiger partial charge in [-0.05, 0) is 41.5 Å². The molecule has 2 aromatic carbocycles. The van der Waals surface area contributed by atoms with Crippen LogP contribution >= 0.6 is 11.6 Å². The number of ether oxygens (including phenoxy) is 2. The lowest BCUT2D eigenvalue weighted by molar-refractivity contribution is 0.219. The average molecular weight is 297 g/mol. The SMILES string of the molecule is COc1ccc(C(O)c2cc(F)cc(Cl)c2)cc1OC. The van der Waals surface area contributed by atoms with Crippen LogP contribution in [0.5, 0.6) is 11.5 Å². The standard InChI is InChI=1S/C15H14ClFO3/c1-19-13-4-3-9(7-14(13)20-2)15(18)10-5-11(16)8-12(17)6-10/h3-8,15,18H,1-2H3. The fourth-order valence-corrected chi connectivity index (χ4v) is 2.18. The molecular weight excluding hydrogens is 283 g/mol. The van der Waals surface area contributed by atoms with Crippen molar-refractivity contribution in [3.8, 4) is 11.5 Å². The van der Waals surface area contributed by atoms with Crippen molar-refractivity contribution < 1.29 is 19.0 Å². The van der Waals surface area contributed by atoms with Crippen molar-refractivity contribution in [2.75, 3.05) is 14.2 Å². The van der Waals surface area contributed by atoms with E-state index in [1.54, 1.807) is 18.2 Å². The maximum Gasteiger partial charge on any atom is 0.161 e. The van der Waals surface area contributed by atoms with Crippen LogP contribution in [0.25, 0.3) is 0 Å². The van der Waals surface area contributed by atoms with Crippen molar-refractivity contribution in [3.05, 3.63) is 58.4 Å². The summed E-state index contributed by atoms with van der Waals surface area (Å²) >= 11 is 5.79. The second-order valence-corrected chi connectivity index (χ2v) is 4.66. The zero-order valence-corrected chi connectivity index (χ0v) is 11.8. The van der Waals surface area contributed by atoms with Crippen LogP contribution in [0.1, 0.15) is 17.2 Å². The number of hydrogen-bond acceptors (Lipinski definition) is 3. The number of methoxy groups -OCH3 is 2. The summed E-state index contributed by atoms with van der Waals surface area (Å²) in [4.78, 5) is 0. The van der Waals surface area contributed by atoms with Gasteiger partial charge in [-0.1, -0.05) is 17.7 Å². The molecule has 3 nitrogen and oxygen atoms in total. The second kappa shape index (κ2) is 6.11. The Kier molecular flexibility index (Phi) is 4.47. The minimum atomic E-state index is -0.997. The molecule has 1 atom stereocenters. The lowest BCUT2D eigenvalue weighted by Gasteiger charge is -2.15. The van der Waals surface area contributed by atoms with Gasteiger partial charge < -0.3 is 14.6 Å². The van der Waals surface area contributed by atoms with E-state index in [0.29, 0.717) is 22.6 Å². The van der Waals surface area contributed by atoms with E-state index in [9.17, 15) is 9.50 Å². The van der Waals surface area contributed by atoms with Crippen LogP contribution in [-0.2, 0) is 0 Å². The van der Waals surface area contributed by atoms with Crippen molar-refractivity contribution in [3.63, 3.8) is 0 Å². The van der Waals surface area contributed by atoms with Gasteiger partial charge in [-0.2, -0.15) is 0 Å². The van der Waals surface area contributed by atoms with Gasteiger partial charge in [0.25, 0.3) is 0 Å². The lowest BCUT2D eigenvalue weighted by atomic mass is 10.0. The van der Waals surface area contributed by atoms with Gasteiger partial charge in [-0.3, -0.25) is 0 Å². The molecule has 106 valence electrons. The van der Waals surface area contributed by atoms with Crippen molar-refractivity contribution in [2.24, 2.45) is 0 Å². The molecule has 0 fully saturated rings. The Bertz CT molecular complexity index is 596. The molecule has 0 aromatic heterocycles. The first-order chi connectivity index (χ1) is 9.55. The summed E-state index contributed by atoms with van der Waals surface area (Å²) in [6, 6.07) is 8.96. The summed E-state index contributed by atoms with van der Waals surface area (Å²) in [5, 5.41) is 10.5. The molecule has 5 heteroatoms. The molecule has 0 spiro atoms. The number of rotatable bonds is 4. The fourth-order valence-electron chi connectivity index (χ4n) is 1.95. The van der Waals surface area contributed by atoms with Crippen molar-refractivity contribution in [1.29, 1.82) is 0 Å². The average Bonchev–Trinajstić information content (AvgIpc) is 2.44. The van der Waals surface area contributed by atoms with Gasteiger partial charge in [0.1, 0.15) is 11.9 Å². The van der Waals surface area contributed by atoms with Gasteiger partial charge in [0.05, 0.1) is 14.2 Å². The second-order valence-electron chi connectivity index (χ2n) is 4.22. The first kappa shape index (κ1) is 14.6. The van der Waals surface area contributed by atoms with E-state index in [1.165, 1.54) is 32.4 Å². The van der Waals surface area contributed by atoms with Gasteiger partial charge in [-0.25, -0.2) is 4.39 Å². The summed E-state index contributed by atoms with van der Waals surface area (Å²) in [5.74, 6) is 0.555. The molecule has 1 N–H and O–H groups in total. The van der Waals surface area contributed by atoms with E-state index < -0.39 is 11.9 Å². The van der Waals surface area contributed by atoms with E-state index in [2.05, 4.69) is 0 Å². The fraction of sp³-hybridized carbons (Fsp3) is 0.200. The maximum atomic E-state index is 13.3. The molecule has 0 aliphatic carbocycles. The van der Waals surface area contributed by atoms with Crippen LogP contribution in [0.3, 0.4) is 0 Å². The van der Waals surface area contributed by atoms with Crippen LogP contribution in [0.4, 0.5) is 4.39 Å². The molecule has 0 saturated heterocycles. The van der Waals surface area contributed by atoms with Gasteiger partial charge in [0, 0.05) is 5.02 Å². The maximum absolute atomic E-state index is 13.3. The van der Waals surface area contributed by atoms with E-state index in [-0.39, 0.29) is 5.02 Å². The third-order valence-electron chi connectivity index (χ3n) is 2.92. The molecule has 2 rings (SSSR count). The summed E-state index contributed by atoms with van der Waals surface area (Å²) in [5.41, 5.74) is 0.937. The number of aliphatic hydroxyl groups excluding tert-OH is 1. The Labute approximate surface area is 121 Å². The lowest BCUT2D eigenvalue weighted by Crippen LogP contribution is -2.01. The molecule has 0 amide bonds. The Morgan fingerprint density at radius 2 is 1.70 bits per heavy atom. The van der Waals surface area contributed by atoms with Gasteiger partial charge in [0.2, 0.25) is 0 Å². The molecule has 0 radical (unpaired) electrons. The molecule has 0 aliphatic heterocycles. The number of aliphatic hydroxyl groups is 1. The molecule has 0 bridgehead atoms. The van der Waals surface area contributed by atoms with Crippen molar-refractivity contribution in [2.45, 2.75) is 6.10 Å². The summed E-state index contributed by atoms with van der Waals surface area (Å²) in [6.07, 6.45) is -0.997. The monoisotopic (exact) mass is 296 g/mol. The summed E-state index contributed by atoms with van der Waals surface area (Å²) in [7, 11) is 3.04. The van der Waals surface area contributed by atoms with Crippen LogP contribution in [0, 0.1) is 5.82 Å². The molecule has 20 heavy (non-hydrogen) atoms. The van der Waals surface area contributed by atoms with Crippen molar-refractivity contribution in [1.82, 2.24) is 0 Å². The molecular formula is C15H14ClFO3. The molecule has 2 aromatic rings. The Morgan fingerprint density at radius 1 is 1.00 bits per heavy atom. The minimum Gasteiger partial charge on any atom is -0.493 e. The highest BCUT2D eigenvalue weighted by Crippen LogP contribution is 2.32. The molecule has 0 heterocycles. The highest BCUT2D eigenvalue weighted by Gasteiger charge is 2.15. The van der Waals surface area contributed by atoms with Crippen molar-refractivity contribution >= 4 is 11.6 Å². The van der Waals surface area contributed by atoms with Gasteiger partial charge >= 0.3 is 0 Å². The van der Waals surface area contributed by atoms with E-state index in [0.717, 1.165) is 0 Å². The summed E-state index contributed by atoms with van der Waals surface area (Å²) in [6.45, 7) is 0.